The molecule has 2 rings (SSSR count). The minimum atomic E-state index is -4.51. The minimum Gasteiger partial charge on any atom is -0.381 e. The molecule has 0 saturated heterocycles. The molecule has 128 valence electrons. The lowest BCUT2D eigenvalue weighted by Gasteiger charge is -2.17. The zero-order chi connectivity index (χ0) is 17.7. The van der Waals surface area contributed by atoms with Crippen molar-refractivity contribution in [3.8, 4) is 0 Å². The lowest BCUT2D eigenvalue weighted by Crippen LogP contribution is -2.25. The third-order valence-electron chi connectivity index (χ3n) is 3.41. The Kier molecular flexibility index (Phi) is 5.43. The molecule has 1 aromatic carbocycles. The molecule has 1 atom stereocenters. The fourth-order valence-electron chi connectivity index (χ4n) is 2.27. The van der Waals surface area contributed by atoms with E-state index in [0.29, 0.717) is 0 Å². The summed E-state index contributed by atoms with van der Waals surface area (Å²) in [4.78, 5) is 16.2. The Morgan fingerprint density at radius 1 is 1.17 bits per heavy atom. The van der Waals surface area contributed by atoms with Crippen molar-refractivity contribution in [1.29, 1.82) is 0 Å². The molecule has 0 saturated carbocycles. The maximum Gasteiger partial charge on any atom is 0.418 e. The van der Waals surface area contributed by atoms with Crippen molar-refractivity contribution in [2.45, 2.75) is 32.5 Å². The molecule has 1 heterocycles. The highest BCUT2D eigenvalue weighted by molar-refractivity contribution is 5.92. The number of carbonyl (C=O) groups is 1. The van der Waals surface area contributed by atoms with E-state index in [2.05, 4.69) is 15.6 Å². The van der Waals surface area contributed by atoms with Crippen LogP contribution in [0.15, 0.2) is 42.6 Å². The number of aryl methyl sites for hydroxylation is 1. The van der Waals surface area contributed by atoms with Gasteiger partial charge >= 0.3 is 6.18 Å². The average molecular weight is 337 g/mol. The first-order chi connectivity index (χ1) is 11.3. The third-order valence-corrected chi connectivity index (χ3v) is 3.41. The second-order valence-corrected chi connectivity index (χ2v) is 5.48. The first-order valence-electron chi connectivity index (χ1n) is 7.41. The molecule has 0 aliphatic heterocycles. The van der Waals surface area contributed by atoms with Crippen LogP contribution in [0.25, 0.3) is 0 Å². The van der Waals surface area contributed by atoms with E-state index in [1.54, 1.807) is 19.2 Å². The van der Waals surface area contributed by atoms with Crippen molar-refractivity contribution in [2.24, 2.45) is 0 Å². The van der Waals surface area contributed by atoms with E-state index in [1.807, 2.05) is 13.0 Å². The lowest BCUT2D eigenvalue weighted by molar-refractivity contribution is -0.137. The van der Waals surface area contributed by atoms with Gasteiger partial charge in [-0.2, -0.15) is 13.2 Å². The molecule has 1 unspecified atom stereocenters. The summed E-state index contributed by atoms with van der Waals surface area (Å²) in [6.07, 6.45) is -2.83. The number of amides is 1. The van der Waals surface area contributed by atoms with Gasteiger partial charge in [-0.3, -0.25) is 9.78 Å². The number of hydrogen-bond acceptors (Lipinski definition) is 3. The third kappa shape index (κ3) is 4.71. The Morgan fingerprint density at radius 2 is 1.83 bits per heavy atom. The van der Waals surface area contributed by atoms with Gasteiger partial charge in [0.25, 0.3) is 0 Å². The van der Waals surface area contributed by atoms with Crippen LogP contribution in [-0.4, -0.2) is 16.9 Å². The predicted octanol–water partition coefficient (Wildman–Crippen LogP) is 4.24. The number of benzene rings is 1. The van der Waals surface area contributed by atoms with Crippen molar-refractivity contribution < 1.29 is 18.0 Å². The van der Waals surface area contributed by atoms with Gasteiger partial charge < -0.3 is 10.6 Å². The molecule has 0 radical (unpaired) electrons. The zero-order valence-electron chi connectivity index (χ0n) is 13.3. The molecule has 1 amide bonds. The van der Waals surface area contributed by atoms with E-state index in [1.165, 1.54) is 18.2 Å². The van der Waals surface area contributed by atoms with Gasteiger partial charge in [0.05, 0.1) is 22.6 Å². The van der Waals surface area contributed by atoms with Crippen molar-refractivity contribution in [3.05, 3.63) is 53.9 Å². The normalized spacial score (nSPS) is 12.5. The summed E-state index contributed by atoms with van der Waals surface area (Å²) in [7, 11) is 0. The Hall–Kier alpha value is -2.57. The summed E-state index contributed by atoms with van der Waals surface area (Å²) in [5.74, 6) is -0.492. The van der Waals surface area contributed by atoms with Gasteiger partial charge in [0, 0.05) is 18.7 Å². The number of nitrogens with zero attached hydrogens (tertiary/aromatic N) is 1. The van der Waals surface area contributed by atoms with Crippen molar-refractivity contribution >= 4 is 17.3 Å². The Bertz CT molecular complexity index is 716. The molecule has 0 aliphatic carbocycles. The van der Waals surface area contributed by atoms with Gasteiger partial charge in [-0.05, 0) is 38.1 Å². The van der Waals surface area contributed by atoms with E-state index in [4.69, 9.17) is 0 Å². The van der Waals surface area contributed by atoms with Crippen LogP contribution in [0.2, 0.25) is 0 Å². The summed E-state index contributed by atoms with van der Waals surface area (Å²) in [6.45, 7) is 3.61. The number of para-hydroxylation sites is 1. The standard InChI is InChI=1S/C17H18F3N3O/c1-11(22-14-8-5-9-21-12(14)2)10-16(24)23-15-7-4-3-6-13(15)17(18,19)20/h3-9,11,22H,10H2,1-2H3,(H,23,24). The molecule has 2 aromatic rings. The molecule has 0 spiro atoms. The summed E-state index contributed by atoms with van der Waals surface area (Å²) in [5.41, 5.74) is 0.475. The number of aromatic nitrogens is 1. The van der Waals surface area contributed by atoms with Gasteiger partial charge in [0.2, 0.25) is 5.91 Å². The van der Waals surface area contributed by atoms with Crippen LogP contribution < -0.4 is 10.6 Å². The highest BCUT2D eigenvalue weighted by Gasteiger charge is 2.33. The molecule has 0 aliphatic rings. The highest BCUT2D eigenvalue weighted by Crippen LogP contribution is 2.34. The number of carbonyl (C=O) groups excluding carboxylic acids is 1. The van der Waals surface area contributed by atoms with Gasteiger partial charge in [0.15, 0.2) is 0 Å². The number of rotatable bonds is 5. The van der Waals surface area contributed by atoms with Crippen LogP contribution >= 0.6 is 0 Å². The molecule has 0 fully saturated rings. The van der Waals surface area contributed by atoms with Crippen LogP contribution in [0.4, 0.5) is 24.5 Å². The van der Waals surface area contributed by atoms with E-state index in [0.717, 1.165) is 17.4 Å². The monoisotopic (exact) mass is 337 g/mol. The molecule has 24 heavy (non-hydrogen) atoms. The molecular formula is C17H18F3N3O. The number of halogens is 3. The van der Waals surface area contributed by atoms with Gasteiger partial charge in [-0.25, -0.2) is 0 Å². The van der Waals surface area contributed by atoms with Gasteiger partial charge in [-0.1, -0.05) is 12.1 Å². The number of nitrogens with one attached hydrogen (secondary N) is 2. The SMILES string of the molecule is Cc1ncccc1NC(C)CC(=O)Nc1ccccc1C(F)(F)F. The van der Waals surface area contributed by atoms with Crippen LogP contribution in [0.3, 0.4) is 0 Å². The fraction of sp³-hybridized carbons (Fsp3) is 0.294. The van der Waals surface area contributed by atoms with Crippen LogP contribution in [0.5, 0.6) is 0 Å². The second kappa shape index (κ2) is 7.33. The number of hydrogen-bond donors (Lipinski definition) is 2. The molecule has 0 bridgehead atoms. The van der Waals surface area contributed by atoms with E-state index >= 15 is 0 Å². The molecule has 4 nitrogen and oxygen atoms in total. The van der Waals surface area contributed by atoms with E-state index in [-0.39, 0.29) is 18.2 Å². The number of anilines is 2. The van der Waals surface area contributed by atoms with E-state index < -0.39 is 17.6 Å². The summed E-state index contributed by atoms with van der Waals surface area (Å²) >= 11 is 0. The quantitative estimate of drug-likeness (QED) is 0.858. The maximum absolute atomic E-state index is 12.9. The Labute approximate surface area is 138 Å². The smallest absolute Gasteiger partial charge is 0.381 e. The zero-order valence-corrected chi connectivity index (χ0v) is 13.3. The fourth-order valence-corrected chi connectivity index (χ4v) is 2.27. The lowest BCUT2D eigenvalue weighted by atomic mass is 10.1. The molecule has 2 N–H and O–H groups in total. The molecule has 7 heteroatoms. The first-order valence-corrected chi connectivity index (χ1v) is 7.41. The second-order valence-electron chi connectivity index (χ2n) is 5.48. The summed E-state index contributed by atoms with van der Waals surface area (Å²) in [6, 6.07) is 8.25. The van der Waals surface area contributed by atoms with Crippen LogP contribution in [0.1, 0.15) is 24.6 Å². The number of alkyl halides is 3. The van der Waals surface area contributed by atoms with Gasteiger partial charge in [0.1, 0.15) is 0 Å². The van der Waals surface area contributed by atoms with Crippen molar-refractivity contribution in [2.75, 3.05) is 10.6 Å². The van der Waals surface area contributed by atoms with E-state index in [9.17, 15) is 18.0 Å². The Morgan fingerprint density at radius 3 is 2.50 bits per heavy atom. The predicted molar refractivity (Wildman–Crippen MR) is 86.7 cm³/mol. The van der Waals surface area contributed by atoms with Gasteiger partial charge in [-0.15, -0.1) is 0 Å². The van der Waals surface area contributed by atoms with Crippen molar-refractivity contribution in [1.82, 2.24) is 4.98 Å². The molecular weight excluding hydrogens is 319 g/mol. The maximum atomic E-state index is 12.9. The average Bonchev–Trinajstić information content (AvgIpc) is 2.49. The van der Waals surface area contributed by atoms with Crippen LogP contribution in [-0.2, 0) is 11.0 Å². The molecule has 1 aromatic heterocycles. The summed E-state index contributed by atoms with van der Waals surface area (Å²) in [5, 5.41) is 5.46. The highest BCUT2D eigenvalue weighted by atomic mass is 19.4. The Balaban J connectivity index is 2.00. The number of pyridine rings is 1. The topological polar surface area (TPSA) is 54.0 Å². The van der Waals surface area contributed by atoms with Crippen molar-refractivity contribution in [3.63, 3.8) is 0 Å². The minimum absolute atomic E-state index is 0.0283. The largest absolute Gasteiger partial charge is 0.418 e. The first kappa shape index (κ1) is 17.8. The summed E-state index contributed by atoms with van der Waals surface area (Å²) < 4.78 is 38.8. The van der Waals surface area contributed by atoms with Crippen LogP contribution in [0, 0.1) is 6.92 Å².